The molecule has 0 saturated carbocycles. The molecule has 0 heterocycles. The SMILES string of the molecule is COCCCc1ccc(OC)cc1. The predicted octanol–water partition coefficient (Wildman–Crippen LogP) is 2.27. The fourth-order valence-corrected chi connectivity index (χ4v) is 1.21. The second kappa shape index (κ2) is 5.60. The van der Waals surface area contributed by atoms with E-state index in [2.05, 4.69) is 12.1 Å². The van der Waals surface area contributed by atoms with Gasteiger partial charge in [-0.3, -0.25) is 0 Å². The standard InChI is InChI=1S/C11H16O2/c1-12-9-3-4-10-5-7-11(13-2)8-6-10/h5-8H,3-4,9H2,1-2H3. The van der Waals surface area contributed by atoms with Crippen molar-refractivity contribution in [2.75, 3.05) is 20.8 Å². The maximum atomic E-state index is 5.07. The van der Waals surface area contributed by atoms with Crippen molar-refractivity contribution in [3.63, 3.8) is 0 Å². The van der Waals surface area contributed by atoms with Gasteiger partial charge in [-0.05, 0) is 30.5 Å². The van der Waals surface area contributed by atoms with Crippen molar-refractivity contribution in [2.24, 2.45) is 0 Å². The van der Waals surface area contributed by atoms with Crippen LogP contribution < -0.4 is 4.74 Å². The maximum absolute atomic E-state index is 5.07. The molecule has 0 atom stereocenters. The zero-order chi connectivity index (χ0) is 9.52. The Morgan fingerprint density at radius 1 is 1.08 bits per heavy atom. The summed E-state index contributed by atoms with van der Waals surface area (Å²) in [4.78, 5) is 0. The van der Waals surface area contributed by atoms with Crippen LogP contribution in [0.25, 0.3) is 0 Å². The minimum Gasteiger partial charge on any atom is -0.497 e. The molecular formula is C11H16O2. The second-order valence-electron chi connectivity index (χ2n) is 2.94. The summed E-state index contributed by atoms with van der Waals surface area (Å²) in [6, 6.07) is 8.16. The van der Waals surface area contributed by atoms with Gasteiger partial charge in [-0.25, -0.2) is 0 Å². The lowest BCUT2D eigenvalue weighted by Gasteiger charge is -2.02. The molecule has 0 saturated heterocycles. The third kappa shape index (κ3) is 3.47. The first-order chi connectivity index (χ1) is 6.36. The summed E-state index contributed by atoms with van der Waals surface area (Å²) in [7, 11) is 3.41. The second-order valence-corrected chi connectivity index (χ2v) is 2.94. The molecule has 0 aliphatic heterocycles. The van der Waals surface area contributed by atoms with E-state index in [1.165, 1.54) is 5.56 Å². The van der Waals surface area contributed by atoms with E-state index in [4.69, 9.17) is 9.47 Å². The predicted molar refractivity (Wildman–Crippen MR) is 53.2 cm³/mol. The quantitative estimate of drug-likeness (QED) is 0.647. The lowest BCUT2D eigenvalue weighted by Crippen LogP contribution is -1.92. The number of hydrogen-bond donors (Lipinski definition) is 0. The molecule has 2 heteroatoms. The number of aryl methyl sites for hydroxylation is 1. The molecule has 1 rings (SSSR count). The fraction of sp³-hybridized carbons (Fsp3) is 0.455. The highest BCUT2D eigenvalue weighted by molar-refractivity contribution is 5.27. The van der Waals surface area contributed by atoms with Crippen molar-refractivity contribution in [1.82, 2.24) is 0 Å². The van der Waals surface area contributed by atoms with Crippen molar-refractivity contribution in [1.29, 1.82) is 0 Å². The average Bonchev–Trinajstić information content (AvgIpc) is 2.19. The topological polar surface area (TPSA) is 18.5 Å². The minimum absolute atomic E-state index is 0.825. The van der Waals surface area contributed by atoms with Gasteiger partial charge in [0.1, 0.15) is 5.75 Å². The normalized spacial score (nSPS) is 10.0. The van der Waals surface area contributed by atoms with Gasteiger partial charge in [0.25, 0.3) is 0 Å². The van der Waals surface area contributed by atoms with Gasteiger partial charge in [-0.2, -0.15) is 0 Å². The Morgan fingerprint density at radius 3 is 2.31 bits per heavy atom. The van der Waals surface area contributed by atoms with Crippen molar-refractivity contribution >= 4 is 0 Å². The van der Waals surface area contributed by atoms with E-state index in [1.807, 2.05) is 12.1 Å². The summed E-state index contributed by atoms with van der Waals surface area (Å²) < 4.78 is 10.1. The summed E-state index contributed by atoms with van der Waals surface area (Å²) in [6.45, 7) is 0.825. The minimum atomic E-state index is 0.825. The molecule has 0 bridgehead atoms. The number of rotatable bonds is 5. The highest BCUT2D eigenvalue weighted by atomic mass is 16.5. The van der Waals surface area contributed by atoms with Crippen molar-refractivity contribution in [2.45, 2.75) is 12.8 Å². The lowest BCUT2D eigenvalue weighted by molar-refractivity contribution is 0.195. The number of methoxy groups -OCH3 is 2. The van der Waals surface area contributed by atoms with Gasteiger partial charge in [0, 0.05) is 13.7 Å². The molecule has 2 nitrogen and oxygen atoms in total. The molecule has 0 aliphatic rings. The van der Waals surface area contributed by atoms with Crippen LogP contribution in [0.3, 0.4) is 0 Å². The number of ether oxygens (including phenoxy) is 2. The summed E-state index contributed by atoms with van der Waals surface area (Å²) >= 11 is 0. The number of benzene rings is 1. The van der Waals surface area contributed by atoms with E-state index in [0.29, 0.717) is 0 Å². The molecule has 1 aromatic rings. The molecule has 1 aromatic carbocycles. The first kappa shape index (κ1) is 10.1. The van der Waals surface area contributed by atoms with Gasteiger partial charge in [0.15, 0.2) is 0 Å². The molecule has 0 aliphatic carbocycles. The Balaban J connectivity index is 2.40. The van der Waals surface area contributed by atoms with Gasteiger partial charge in [-0.15, -0.1) is 0 Å². The lowest BCUT2D eigenvalue weighted by atomic mass is 10.1. The van der Waals surface area contributed by atoms with Crippen LogP contribution >= 0.6 is 0 Å². The summed E-state index contributed by atoms with van der Waals surface area (Å²) in [5.41, 5.74) is 1.33. The first-order valence-corrected chi connectivity index (χ1v) is 4.48. The Morgan fingerprint density at radius 2 is 1.77 bits per heavy atom. The molecular weight excluding hydrogens is 164 g/mol. The smallest absolute Gasteiger partial charge is 0.118 e. The Kier molecular flexibility index (Phi) is 4.33. The van der Waals surface area contributed by atoms with Crippen LogP contribution in [0.5, 0.6) is 5.75 Å². The zero-order valence-electron chi connectivity index (χ0n) is 8.25. The van der Waals surface area contributed by atoms with Crippen LogP contribution in [0.2, 0.25) is 0 Å². The van der Waals surface area contributed by atoms with Gasteiger partial charge < -0.3 is 9.47 Å². The average molecular weight is 180 g/mol. The molecule has 0 fully saturated rings. The Hall–Kier alpha value is -1.02. The molecule has 0 radical (unpaired) electrons. The molecule has 0 amide bonds. The third-order valence-electron chi connectivity index (χ3n) is 1.97. The summed E-state index contributed by atoms with van der Waals surface area (Å²) in [5, 5.41) is 0. The van der Waals surface area contributed by atoms with Crippen LogP contribution in [0.1, 0.15) is 12.0 Å². The van der Waals surface area contributed by atoms with E-state index in [1.54, 1.807) is 14.2 Å². The first-order valence-electron chi connectivity index (χ1n) is 4.48. The Labute approximate surface area is 79.5 Å². The van der Waals surface area contributed by atoms with Gasteiger partial charge in [-0.1, -0.05) is 12.1 Å². The van der Waals surface area contributed by atoms with E-state index in [-0.39, 0.29) is 0 Å². The monoisotopic (exact) mass is 180 g/mol. The van der Waals surface area contributed by atoms with Crippen LogP contribution in [0, 0.1) is 0 Å². The summed E-state index contributed by atoms with van der Waals surface area (Å²) in [5.74, 6) is 0.912. The van der Waals surface area contributed by atoms with E-state index in [0.717, 1.165) is 25.2 Å². The molecule has 72 valence electrons. The largest absolute Gasteiger partial charge is 0.497 e. The van der Waals surface area contributed by atoms with Gasteiger partial charge in [0.2, 0.25) is 0 Å². The van der Waals surface area contributed by atoms with E-state index < -0.39 is 0 Å². The third-order valence-corrected chi connectivity index (χ3v) is 1.97. The molecule has 0 spiro atoms. The van der Waals surface area contributed by atoms with E-state index >= 15 is 0 Å². The maximum Gasteiger partial charge on any atom is 0.118 e. The Bertz CT molecular complexity index is 228. The van der Waals surface area contributed by atoms with Crippen LogP contribution in [-0.4, -0.2) is 20.8 Å². The van der Waals surface area contributed by atoms with Gasteiger partial charge in [0.05, 0.1) is 7.11 Å². The van der Waals surface area contributed by atoms with Crippen molar-refractivity contribution in [3.05, 3.63) is 29.8 Å². The van der Waals surface area contributed by atoms with Crippen LogP contribution in [0.15, 0.2) is 24.3 Å². The van der Waals surface area contributed by atoms with Crippen LogP contribution in [-0.2, 0) is 11.2 Å². The molecule has 13 heavy (non-hydrogen) atoms. The molecule has 0 N–H and O–H groups in total. The highest BCUT2D eigenvalue weighted by Gasteiger charge is 1.93. The molecule has 0 aromatic heterocycles. The molecule has 0 unspecified atom stereocenters. The number of hydrogen-bond acceptors (Lipinski definition) is 2. The summed E-state index contributed by atoms with van der Waals surface area (Å²) in [6.07, 6.45) is 2.14. The fourth-order valence-electron chi connectivity index (χ4n) is 1.21. The van der Waals surface area contributed by atoms with Crippen molar-refractivity contribution in [3.8, 4) is 5.75 Å². The highest BCUT2D eigenvalue weighted by Crippen LogP contribution is 2.12. The van der Waals surface area contributed by atoms with Crippen LogP contribution in [0.4, 0.5) is 0 Å². The van der Waals surface area contributed by atoms with Gasteiger partial charge >= 0.3 is 0 Å². The zero-order valence-corrected chi connectivity index (χ0v) is 8.25. The van der Waals surface area contributed by atoms with Crippen molar-refractivity contribution < 1.29 is 9.47 Å². The van der Waals surface area contributed by atoms with E-state index in [9.17, 15) is 0 Å².